The SMILES string of the molecule is CC1(C)CC(=O)c2cc(OCC3CCNC(=O)CC3)ccc2O1. The number of ether oxygens (including phenoxy) is 2. The quantitative estimate of drug-likeness (QED) is 0.931. The van der Waals surface area contributed by atoms with Crippen LogP contribution >= 0.6 is 0 Å². The van der Waals surface area contributed by atoms with Crippen LogP contribution in [0.25, 0.3) is 0 Å². The molecule has 2 aliphatic heterocycles. The summed E-state index contributed by atoms with van der Waals surface area (Å²) < 4.78 is 11.7. The van der Waals surface area contributed by atoms with Crippen LogP contribution in [0, 0.1) is 5.92 Å². The predicted octanol–water partition coefficient (Wildman–Crippen LogP) is 2.73. The minimum Gasteiger partial charge on any atom is -0.493 e. The Kier molecular flexibility index (Phi) is 4.28. The molecule has 1 amide bonds. The van der Waals surface area contributed by atoms with Crippen LogP contribution in [0.1, 0.15) is 49.9 Å². The zero-order valence-corrected chi connectivity index (χ0v) is 13.7. The summed E-state index contributed by atoms with van der Waals surface area (Å²) in [6.07, 6.45) is 2.69. The van der Waals surface area contributed by atoms with Crippen molar-refractivity contribution in [1.82, 2.24) is 5.32 Å². The molecule has 0 aliphatic carbocycles. The fraction of sp³-hybridized carbons (Fsp3) is 0.556. The molecule has 3 rings (SSSR count). The molecule has 1 aromatic rings. The van der Waals surface area contributed by atoms with Crippen LogP contribution in [0.3, 0.4) is 0 Å². The highest BCUT2D eigenvalue weighted by Crippen LogP contribution is 2.35. The number of Topliss-reactive ketones (excluding diaryl/α,β-unsaturated/α-hetero) is 1. The summed E-state index contributed by atoms with van der Waals surface area (Å²) in [4.78, 5) is 23.6. The average Bonchev–Trinajstić information content (AvgIpc) is 2.69. The van der Waals surface area contributed by atoms with Crippen LogP contribution in [0.5, 0.6) is 11.5 Å². The zero-order valence-electron chi connectivity index (χ0n) is 13.7. The number of nitrogens with one attached hydrogen (secondary N) is 1. The lowest BCUT2D eigenvalue weighted by Gasteiger charge is -2.31. The van der Waals surface area contributed by atoms with Gasteiger partial charge in [0.1, 0.15) is 17.1 Å². The van der Waals surface area contributed by atoms with Crippen molar-refractivity contribution < 1.29 is 19.1 Å². The summed E-state index contributed by atoms with van der Waals surface area (Å²) in [5.41, 5.74) is 0.145. The van der Waals surface area contributed by atoms with Gasteiger partial charge in [0.25, 0.3) is 0 Å². The topological polar surface area (TPSA) is 64.6 Å². The van der Waals surface area contributed by atoms with E-state index in [9.17, 15) is 9.59 Å². The first-order valence-electron chi connectivity index (χ1n) is 8.19. The van der Waals surface area contributed by atoms with Gasteiger partial charge in [0.05, 0.1) is 18.6 Å². The van der Waals surface area contributed by atoms with Crippen LogP contribution in [-0.2, 0) is 4.79 Å². The second kappa shape index (κ2) is 6.22. The van der Waals surface area contributed by atoms with Crippen molar-refractivity contribution in [2.24, 2.45) is 5.92 Å². The molecule has 1 aromatic carbocycles. The van der Waals surface area contributed by atoms with E-state index in [0.717, 1.165) is 12.8 Å². The Morgan fingerprint density at radius 2 is 2.13 bits per heavy atom. The van der Waals surface area contributed by atoms with Crippen molar-refractivity contribution >= 4 is 11.7 Å². The Labute approximate surface area is 136 Å². The molecule has 5 nitrogen and oxygen atoms in total. The number of hydrogen-bond donors (Lipinski definition) is 1. The third kappa shape index (κ3) is 3.84. The molecule has 23 heavy (non-hydrogen) atoms. The molecule has 1 unspecified atom stereocenters. The Balaban J connectivity index is 1.65. The third-order valence-corrected chi connectivity index (χ3v) is 4.36. The first-order valence-corrected chi connectivity index (χ1v) is 8.19. The lowest BCUT2D eigenvalue weighted by Crippen LogP contribution is -2.35. The molecule has 0 spiro atoms. The first-order chi connectivity index (χ1) is 10.9. The Morgan fingerprint density at radius 3 is 2.96 bits per heavy atom. The van der Waals surface area contributed by atoms with Crippen molar-refractivity contribution in [2.75, 3.05) is 13.2 Å². The maximum atomic E-state index is 12.3. The highest BCUT2D eigenvalue weighted by Gasteiger charge is 2.32. The maximum Gasteiger partial charge on any atom is 0.220 e. The number of benzene rings is 1. The highest BCUT2D eigenvalue weighted by atomic mass is 16.5. The molecule has 5 heteroatoms. The number of hydrogen-bond acceptors (Lipinski definition) is 4. The Morgan fingerprint density at radius 1 is 1.30 bits per heavy atom. The van der Waals surface area contributed by atoms with Gasteiger partial charge in [-0.05, 0) is 50.8 Å². The summed E-state index contributed by atoms with van der Waals surface area (Å²) in [5, 5.41) is 2.87. The molecular weight excluding hydrogens is 294 g/mol. The van der Waals surface area contributed by atoms with Crippen LogP contribution < -0.4 is 14.8 Å². The summed E-state index contributed by atoms with van der Waals surface area (Å²) in [6, 6.07) is 5.42. The van der Waals surface area contributed by atoms with Gasteiger partial charge in [-0.1, -0.05) is 0 Å². The largest absolute Gasteiger partial charge is 0.493 e. The second-order valence-corrected chi connectivity index (χ2v) is 6.97. The van der Waals surface area contributed by atoms with E-state index < -0.39 is 5.60 Å². The molecule has 0 radical (unpaired) electrons. The van der Waals surface area contributed by atoms with Crippen molar-refractivity contribution in [1.29, 1.82) is 0 Å². The number of amides is 1. The molecule has 124 valence electrons. The molecule has 0 saturated carbocycles. The predicted molar refractivity (Wildman–Crippen MR) is 85.9 cm³/mol. The second-order valence-electron chi connectivity index (χ2n) is 6.97. The summed E-state index contributed by atoms with van der Waals surface area (Å²) in [5.74, 6) is 1.88. The van der Waals surface area contributed by atoms with E-state index in [1.54, 1.807) is 6.07 Å². The van der Waals surface area contributed by atoms with Gasteiger partial charge in [-0.25, -0.2) is 0 Å². The summed E-state index contributed by atoms with van der Waals surface area (Å²) in [7, 11) is 0. The van der Waals surface area contributed by atoms with E-state index in [1.807, 2.05) is 26.0 Å². The zero-order chi connectivity index (χ0) is 16.4. The minimum atomic E-state index is -0.452. The van der Waals surface area contributed by atoms with Gasteiger partial charge < -0.3 is 14.8 Å². The standard InChI is InChI=1S/C18H23NO4/c1-18(2)10-15(20)14-9-13(4-5-16(14)23-18)22-11-12-3-6-17(21)19-8-7-12/h4-5,9,12H,3,6-8,10-11H2,1-2H3,(H,19,21). The average molecular weight is 317 g/mol. The van der Waals surface area contributed by atoms with Crippen molar-refractivity contribution in [3.05, 3.63) is 23.8 Å². The van der Waals surface area contributed by atoms with Crippen LogP contribution in [0.4, 0.5) is 0 Å². The molecule has 1 saturated heterocycles. The number of ketones is 1. The fourth-order valence-electron chi connectivity index (χ4n) is 3.09. The molecule has 1 fully saturated rings. The lowest BCUT2D eigenvalue weighted by molar-refractivity contribution is -0.120. The van der Waals surface area contributed by atoms with Crippen LogP contribution in [0.2, 0.25) is 0 Å². The lowest BCUT2D eigenvalue weighted by atomic mass is 9.93. The first kappa shape index (κ1) is 15.8. The Bertz CT molecular complexity index is 623. The molecule has 0 aromatic heterocycles. The fourth-order valence-corrected chi connectivity index (χ4v) is 3.09. The van der Waals surface area contributed by atoms with Crippen molar-refractivity contribution in [2.45, 2.75) is 45.1 Å². The van der Waals surface area contributed by atoms with E-state index in [4.69, 9.17) is 9.47 Å². The van der Waals surface area contributed by atoms with Gasteiger partial charge in [-0.15, -0.1) is 0 Å². The van der Waals surface area contributed by atoms with Gasteiger partial charge in [0.15, 0.2) is 5.78 Å². The molecule has 0 bridgehead atoms. The highest BCUT2D eigenvalue weighted by molar-refractivity contribution is 6.00. The summed E-state index contributed by atoms with van der Waals surface area (Å²) in [6.45, 7) is 5.10. The van der Waals surface area contributed by atoms with Crippen molar-refractivity contribution in [3.63, 3.8) is 0 Å². The van der Waals surface area contributed by atoms with E-state index in [2.05, 4.69) is 5.32 Å². The number of carbonyl (C=O) groups excluding carboxylic acids is 2. The van der Waals surface area contributed by atoms with Gasteiger partial charge in [-0.3, -0.25) is 9.59 Å². The summed E-state index contributed by atoms with van der Waals surface area (Å²) >= 11 is 0. The third-order valence-electron chi connectivity index (χ3n) is 4.36. The van der Waals surface area contributed by atoms with Gasteiger partial charge in [0.2, 0.25) is 5.91 Å². The molecule has 2 heterocycles. The maximum absolute atomic E-state index is 12.3. The normalized spacial score (nSPS) is 23.3. The van der Waals surface area contributed by atoms with Gasteiger partial charge in [-0.2, -0.15) is 0 Å². The van der Waals surface area contributed by atoms with Gasteiger partial charge in [0, 0.05) is 13.0 Å². The van der Waals surface area contributed by atoms with Crippen molar-refractivity contribution in [3.8, 4) is 11.5 Å². The number of rotatable bonds is 3. The number of fused-ring (bicyclic) bond motifs is 1. The molecule has 1 atom stereocenters. The molecule has 1 N–H and O–H groups in total. The minimum absolute atomic E-state index is 0.0889. The van der Waals surface area contributed by atoms with E-state index in [-0.39, 0.29) is 11.7 Å². The van der Waals surface area contributed by atoms with Crippen LogP contribution in [-0.4, -0.2) is 30.4 Å². The van der Waals surface area contributed by atoms with E-state index in [1.165, 1.54) is 0 Å². The Hall–Kier alpha value is -2.04. The monoisotopic (exact) mass is 317 g/mol. The molecular formula is C18H23NO4. The van der Waals surface area contributed by atoms with Gasteiger partial charge >= 0.3 is 0 Å². The smallest absolute Gasteiger partial charge is 0.220 e. The molecule has 2 aliphatic rings. The van der Waals surface area contributed by atoms with E-state index in [0.29, 0.717) is 49.0 Å². The van der Waals surface area contributed by atoms with Crippen LogP contribution in [0.15, 0.2) is 18.2 Å². The van der Waals surface area contributed by atoms with E-state index >= 15 is 0 Å². The number of carbonyl (C=O) groups is 2.